The fraction of sp³-hybridized carbons (Fsp3) is 0.370. The molecule has 0 saturated carbocycles. The maximum atomic E-state index is 11.9. The predicted molar refractivity (Wildman–Crippen MR) is 142 cm³/mol. The molecule has 4 aromatic rings. The van der Waals surface area contributed by atoms with Gasteiger partial charge in [0.2, 0.25) is 5.89 Å². The monoisotopic (exact) mass is 529 g/mol. The van der Waals surface area contributed by atoms with Gasteiger partial charge in [0.1, 0.15) is 12.3 Å². The van der Waals surface area contributed by atoms with E-state index < -0.39 is 0 Å². The average Bonchev–Trinajstić information content (AvgIpc) is 3.41. The van der Waals surface area contributed by atoms with E-state index in [9.17, 15) is 4.79 Å². The summed E-state index contributed by atoms with van der Waals surface area (Å²) < 4.78 is 16.8. The standard InChI is InChI=1S/C27H29Cl2N3O4/c1-6-34-25(33)14-32(5)23-13-24-19(11-16(23)4)21(31-36-24)9-10-22-26(15(2)3)35-27(30-22)18-8-7-17(28)12-20(18)29/h7-8,11-13,15H,6,9-10,14H2,1-5H3. The van der Waals surface area contributed by atoms with Gasteiger partial charge >= 0.3 is 5.97 Å². The van der Waals surface area contributed by atoms with Gasteiger partial charge in [0, 0.05) is 35.1 Å². The highest BCUT2D eigenvalue weighted by Crippen LogP contribution is 2.34. The molecule has 2 aromatic carbocycles. The number of halogens is 2. The molecular weight excluding hydrogens is 501 g/mol. The van der Waals surface area contributed by atoms with Crippen molar-refractivity contribution < 1.29 is 18.5 Å². The van der Waals surface area contributed by atoms with Crippen LogP contribution >= 0.6 is 23.2 Å². The lowest BCUT2D eigenvalue weighted by atomic mass is 10.0. The zero-order valence-corrected chi connectivity index (χ0v) is 22.5. The molecule has 0 bridgehead atoms. The summed E-state index contributed by atoms with van der Waals surface area (Å²) in [5.74, 6) is 1.18. The molecule has 0 amide bonds. The number of esters is 1. The first-order valence-electron chi connectivity index (χ1n) is 11.9. The number of fused-ring (bicyclic) bond motifs is 1. The Bertz CT molecular complexity index is 1390. The van der Waals surface area contributed by atoms with Gasteiger partial charge in [0.15, 0.2) is 5.58 Å². The van der Waals surface area contributed by atoms with E-state index >= 15 is 0 Å². The quantitative estimate of drug-likeness (QED) is 0.215. The van der Waals surface area contributed by atoms with Crippen LogP contribution < -0.4 is 4.90 Å². The van der Waals surface area contributed by atoms with Crippen molar-refractivity contribution in [2.45, 2.75) is 46.5 Å². The van der Waals surface area contributed by atoms with Gasteiger partial charge in [-0.3, -0.25) is 4.79 Å². The molecule has 0 atom stereocenters. The summed E-state index contributed by atoms with van der Waals surface area (Å²) in [4.78, 5) is 18.5. The highest BCUT2D eigenvalue weighted by Gasteiger charge is 2.21. The minimum absolute atomic E-state index is 0.154. The molecule has 0 aliphatic carbocycles. The Labute approximate surface area is 220 Å². The summed E-state index contributed by atoms with van der Waals surface area (Å²) in [6.07, 6.45) is 1.26. The molecule has 9 heteroatoms. The van der Waals surface area contributed by atoms with Gasteiger partial charge in [-0.25, -0.2) is 4.98 Å². The van der Waals surface area contributed by atoms with Gasteiger partial charge in [-0.1, -0.05) is 42.2 Å². The normalized spacial score (nSPS) is 11.4. The van der Waals surface area contributed by atoms with Crippen LogP contribution in [0.5, 0.6) is 0 Å². The Morgan fingerprint density at radius 2 is 1.89 bits per heavy atom. The Kier molecular flexibility index (Phi) is 7.91. The first-order valence-corrected chi connectivity index (χ1v) is 12.6. The topological polar surface area (TPSA) is 81.6 Å². The summed E-state index contributed by atoms with van der Waals surface area (Å²) in [5.41, 5.74) is 4.99. The third kappa shape index (κ3) is 5.52. The van der Waals surface area contributed by atoms with Crippen molar-refractivity contribution in [1.82, 2.24) is 10.1 Å². The molecule has 0 saturated heterocycles. The van der Waals surface area contributed by atoms with Crippen molar-refractivity contribution in [3.05, 3.63) is 63.1 Å². The zero-order valence-electron chi connectivity index (χ0n) is 21.0. The molecule has 0 N–H and O–H groups in total. The number of ether oxygens (including phenoxy) is 1. The van der Waals surface area contributed by atoms with Crippen molar-refractivity contribution in [3.8, 4) is 11.5 Å². The van der Waals surface area contributed by atoms with Gasteiger partial charge in [0.25, 0.3) is 0 Å². The average molecular weight is 530 g/mol. The van der Waals surface area contributed by atoms with Gasteiger partial charge in [0.05, 0.1) is 28.6 Å². The van der Waals surface area contributed by atoms with Crippen LogP contribution in [0.25, 0.3) is 22.4 Å². The lowest BCUT2D eigenvalue weighted by Gasteiger charge is -2.20. The number of carbonyl (C=O) groups is 1. The molecule has 0 unspecified atom stereocenters. The third-order valence-electron chi connectivity index (χ3n) is 5.96. The second-order valence-corrected chi connectivity index (χ2v) is 9.88. The Morgan fingerprint density at radius 1 is 1.14 bits per heavy atom. The maximum absolute atomic E-state index is 11.9. The lowest BCUT2D eigenvalue weighted by molar-refractivity contribution is -0.141. The summed E-state index contributed by atoms with van der Waals surface area (Å²) in [5, 5.41) is 6.32. The maximum Gasteiger partial charge on any atom is 0.325 e. The molecule has 0 aliphatic rings. The van der Waals surface area contributed by atoms with Crippen molar-refractivity contribution in [2.24, 2.45) is 0 Å². The van der Waals surface area contributed by atoms with Crippen molar-refractivity contribution in [3.63, 3.8) is 0 Å². The number of aryl methyl sites for hydroxylation is 3. The van der Waals surface area contributed by atoms with Crippen LogP contribution in [0.2, 0.25) is 10.0 Å². The predicted octanol–water partition coefficient (Wildman–Crippen LogP) is 7.01. The fourth-order valence-electron chi connectivity index (χ4n) is 4.22. The molecule has 36 heavy (non-hydrogen) atoms. The second-order valence-electron chi connectivity index (χ2n) is 9.03. The second kappa shape index (κ2) is 10.9. The number of nitrogens with zero attached hydrogens (tertiary/aromatic N) is 3. The van der Waals surface area contributed by atoms with Crippen LogP contribution in [0.4, 0.5) is 5.69 Å². The first-order chi connectivity index (χ1) is 17.2. The molecule has 0 radical (unpaired) electrons. The van der Waals surface area contributed by atoms with Gasteiger partial charge in [-0.15, -0.1) is 0 Å². The molecule has 0 aliphatic heterocycles. The lowest BCUT2D eigenvalue weighted by Crippen LogP contribution is -2.27. The van der Waals surface area contributed by atoms with E-state index in [2.05, 4.69) is 19.0 Å². The smallest absolute Gasteiger partial charge is 0.325 e. The largest absolute Gasteiger partial charge is 0.465 e. The van der Waals surface area contributed by atoms with E-state index in [0.717, 1.165) is 33.8 Å². The van der Waals surface area contributed by atoms with Gasteiger partial charge < -0.3 is 18.6 Å². The summed E-state index contributed by atoms with van der Waals surface area (Å²) in [6, 6.07) is 9.22. The van der Waals surface area contributed by atoms with Crippen molar-refractivity contribution in [2.75, 3.05) is 25.1 Å². The van der Waals surface area contributed by atoms with Gasteiger partial charge in [-0.2, -0.15) is 0 Å². The van der Waals surface area contributed by atoms with E-state index in [1.54, 1.807) is 19.1 Å². The van der Waals surface area contributed by atoms with Crippen LogP contribution in [-0.4, -0.2) is 36.3 Å². The summed E-state index contributed by atoms with van der Waals surface area (Å²) in [7, 11) is 1.85. The number of hydrogen-bond acceptors (Lipinski definition) is 7. The zero-order chi connectivity index (χ0) is 26.0. The first kappa shape index (κ1) is 26.0. The van der Waals surface area contributed by atoms with E-state index in [0.29, 0.717) is 46.5 Å². The highest BCUT2D eigenvalue weighted by atomic mass is 35.5. The Balaban J connectivity index is 1.57. The molecule has 0 spiro atoms. The van der Waals surface area contributed by atoms with E-state index in [1.165, 1.54) is 0 Å². The van der Waals surface area contributed by atoms with Crippen LogP contribution in [0.15, 0.2) is 39.3 Å². The molecular formula is C27H29Cl2N3O4. The van der Waals surface area contributed by atoms with Crippen LogP contribution in [-0.2, 0) is 22.4 Å². The van der Waals surface area contributed by atoms with Crippen LogP contribution in [0.3, 0.4) is 0 Å². The Hall–Kier alpha value is -3.03. The molecule has 4 rings (SSSR count). The highest BCUT2D eigenvalue weighted by molar-refractivity contribution is 6.36. The minimum Gasteiger partial charge on any atom is -0.465 e. The van der Waals surface area contributed by atoms with Crippen LogP contribution in [0, 0.1) is 6.92 Å². The van der Waals surface area contributed by atoms with Crippen molar-refractivity contribution >= 4 is 45.8 Å². The number of benzene rings is 2. The number of anilines is 1. The van der Waals surface area contributed by atoms with Crippen molar-refractivity contribution in [1.29, 1.82) is 0 Å². The molecule has 2 heterocycles. The third-order valence-corrected chi connectivity index (χ3v) is 6.51. The minimum atomic E-state index is -0.273. The molecule has 2 aromatic heterocycles. The van der Waals surface area contributed by atoms with E-state index in [4.69, 9.17) is 41.9 Å². The number of rotatable bonds is 9. The SMILES string of the molecule is CCOC(=O)CN(C)c1cc2onc(CCc3nc(-c4ccc(Cl)cc4Cl)oc3C(C)C)c2cc1C. The number of likely N-dealkylation sites (N-methyl/N-ethyl adjacent to an activating group) is 1. The Morgan fingerprint density at radius 3 is 2.58 bits per heavy atom. The van der Waals surface area contributed by atoms with Crippen LogP contribution in [0.1, 0.15) is 49.4 Å². The number of carbonyl (C=O) groups excluding carboxylic acids is 1. The molecule has 190 valence electrons. The fourth-order valence-corrected chi connectivity index (χ4v) is 4.71. The number of oxazole rings is 1. The number of hydrogen-bond donors (Lipinski definition) is 0. The van der Waals surface area contributed by atoms with E-state index in [1.807, 2.05) is 37.1 Å². The summed E-state index contributed by atoms with van der Waals surface area (Å²) >= 11 is 12.4. The number of aromatic nitrogens is 2. The van der Waals surface area contributed by atoms with Gasteiger partial charge in [-0.05, 0) is 56.5 Å². The van der Waals surface area contributed by atoms with E-state index in [-0.39, 0.29) is 18.4 Å². The summed E-state index contributed by atoms with van der Waals surface area (Å²) in [6.45, 7) is 8.45. The molecule has 0 fully saturated rings. The molecule has 7 nitrogen and oxygen atoms in total.